The number of sulfone groups is 1. The number of halogens is 3. The van der Waals surface area contributed by atoms with E-state index >= 15 is 0 Å². The molecule has 0 fully saturated rings. The van der Waals surface area contributed by atoms with Crippen LogP contribution >= 0.6 is 11.3 Å². The van der Waals surface area contributed by atoms with Crippen LogP contribution < -0.4 is 5.73 Å². The van der Waals surface area contributed by atoms with Crippen LogP contribution in [0.5, 0.6) is 0 Å². The summed E-state index contributed by atoms with van der Waals surface area (Å²) in [6.07, 6.45) is -3.02. The molecule has 0 bridgehead atoms. The quantitative estimate of drug-likeness (QED) is 0.417. The van der Waals surface area contributed by atoms with Crippen molar-refractivity contribution in [3.8, 4) is 10.4 Å². The minimum atomic E-state index is -4.77. The molecule has 0 aliphatic heterocycles. The van der Waals surface area contributed by atoms with Gasteiger partial charge in [-0.2, -0.15) is 13.2 Å². The number of carbonyl (C=O) groups is 1. The van der Waals surface area contributed by atoms with E-state index in [2.05, 4.69) is 4.99 Å². The summed E-state index contributed by atoms with van der Waals surface area (Å²) in [6.45, 7) is 0.127. The smallest absolute Gasteiger partial charge is 0.430 e. The standard InChI is InChI=1S/C21H24F3N3O4S2/c1-27(2)9-10-31-20(28)13-26-16(12-19(25)21(22,23)24)18-8-7-17(32-18)14-5-4-6-15(11-14)33(3,29)30/h4-8,11-12H,9-10,13,25H2,1-3H3/b19-12-,26-16?. The van der Waals surface area contributed by atoms with Crippen molar-refractivity contribution in [2.75, 3.05) is 40.0 Å². The number of nitrogens with two attached hydrogens (primary N) is 1. The fraction of sp³-hybridized carbons (Fsp3) is 0.333. The normalized spacial score (nSPS) is 13.4. The molecule has 0 aliphatic rings. The van der Waals surface area contributed by atoms with Crippen LogP contribution in [0, 0.1) is 0 Å². The van der Waals surface area contributed by atoms with E-state index in [1.165, 1.54) is 18.2 Å². The topological polar surface area (TPSA) is 102 Å². The third kappa shape index (κ3) is 8.30. The van der Waals surface area contributed by atoms with Gasteiger partial charge in [0.15, 0.2) is 9.84 Å². The van der Waals surface area contributed by atoms with Crippen molar-refractivity contribution in [2.45, 2.75) is 11.1 Å². The summed E-state index contributed by atoms with van der Waals surface area (Å²) < 4.78 is 67.6. The molecule has 33 heavy (non-hydrogen) atoms. The first-order valence-corrected chi connectivity index (χ1v) is 12.3. The molecule has 2 rings (SSSR count). The lowest BCUT2D eigenvalue weighted by molar-refractivity contribution is -0.142. The number of aliphatic imine (C=N–C) groups is 1. The number of alkyl halides is 3. The van der Waals surface area contributed by atoms with E-state index in [4.69, 9.17) is 10.5 Å². The highest BCUT2D eigenvalue weighted by atomic mass is 32.2. The van der Waals surface area contributed by atoms with Crippen LogP contribution in [-0.2, 0) is 19.4 Å². The molecular weight excluding hydrogens is 479 g/mol. The van der Waals surface area contributed by atoms with E-state index < -0.39 is 34.2 Å². The Bertz CT molecular complexity index is 1150. The Morgan fingerprint density at radius 1 is 1.24 bits per heavy atom. The third-order valence-electron chi connectivity index (χ3n) is 4.20. The van der Waals surface area contributed by atoms with Gasteiger partial charge in [-0.25, -0.2) is 8.42 Å². The number of thiophene rings is 1. The lowest BCUT2D eigenvalue weighted by Crippen LogP contribution is -2.22. The SMILES string of the molecule is CN(C)CCOC(=O)CN=C(/C=C(\N)C(F)(F)F)c1ccc(-c2cccc(S(C)(=O)=O)c2)s1. The van der Waals surface area contributed by atoms with Crippen LogP contribution in [0.1, 0.15) is 4.88 Å². The zero-order valence-electron chi connectivity index (χ0n) is 18.2. The van der Waals surface area contributed by atoms with Crippen molar-refractivity contribution < 1.29 is 31.1 Å². The number of hydrogen-bond acceptors (Lipinski definition) is 8. The summed E-state index contributed by atoms with van der Waals surface area (Å²) in [5.74, 6) is -0.689. The minimum absolute atomic E-state index is 0.116. The third-order valence-corrected chi connectivity index (χ3v) is 6.47. The molecule has 2 aromatic rings. The molecule has 0 amide bonds. The number of hydrogen-bond donors (Lipinski definition) is 1. The second kappa shape index (κ2) is 10.9. The van der Waals surface area contributed by atoms with Gasteiger partial charge in [0.2, 0.25) is 0 Å². The second-order valence-corrected chi connectivity index (χ2v) is 10.4. The zero-order valence-corrected chi connectivity index (χ0v) is 19.9. The van der Waals surface area contributed by atoms with Crippen LogP contribution in [-0.4, -0.2) is 71.2 Å². The molecule has 1 heterocycles. The molecule has 1 aromatic carbocycles. The molecule has 0 unspecified atom stereocenters. The number of carbonyl (C=O) groups excluding carboxylic acids is 1. The Labute approximate surface area is 194 Å². The van der Waals surface area contributed by atoms with Crippen LogP contribution in [0.15, 0.2) is 58.1 Å². The van der Waals surface area contributed by atoms with Crippen molar-refractivity contribution in [1.82, 2.24) is 4.90 Å². The molecule has 0 spiro atoms. The van der Waals surface area contributed by atoms with E-state index in [1.807, 2.05) is 0 Å². The van der Waals surface area contributed by atoms with Gasteiger partial charge in [-0.1, -0.05) is 12.1 Å². The van der Waals surface area contributed by atoms with Gasteiger partial charge in [0, 0.05) is 17.7 Å². The summed E-state index contributed by atoms with van der Waals surface area (Å²) in [5, 5.41) is 0. The highest BCUT2D eigenvalue weighted by molar-refractivity contribution is 7.90. The van der Waals surface area contributed by atoms with E-state index in [0.29, 0.717) is 27.9 Å². The maximum atomic E-state index is 13.0. The van der Waals surface area contributed by atoms with Gasteiger partial charge in [0.1, 0.15) is 18.8 Å². The van der Waals surface area contributed by atoms with Crippen molar-refractivity contribution >= 4 is 32.9 Å². The van der Waals surface area contributed by atoms with Gasteiger partial charge < -0.3 is 15.4 Å². The number of rotatable bonds is 9. The average Bonchev–Trinajstić information content (AvgIpc) is 3.19. The average molecular weight is 504 g/mol. The first-order chi connectivity index (χ1) is 15.3. The molecule has 2 N–H and O–H groups in total. The molecule has 0 saturated heterocycles. The van der Waals surface area contributed by atoms with Crippen LogP contribution in [0.25, 0.3) is 10.4 Å². The van der Waals surface area contributed by atoms with E-state index in [1.54, 1.807) is 37.2 Å². The minimum Gasteiger partial charge on any atom is -0.463 e. The predicted molar refractivity (Wildman–Crippen MR) is 122 cm³/mol. The molecule has 0 atom stereocenters. The zero-order chi connectivity index (χ0) is 24.8. The molecule has 1 aromatic heterocycles. The summed E-state index contributed by atoms with van der Waals surface area (Å²) in [5.41, 5.74) is 4.24. The molecular formula is C21H24F3N3O4S2. The Hall–Kier alpha value is -2.70. The van der Waals surface area contributed by atoms with Crippen molar-refractivity contribution in [3.05, 3.63) is 53.0 Å². The number of likely N-dealkylation sites (N-methyl/N-ethyl adjacent to an activating group) is 1. The fourth-order valence-corrected chi connectivity index (χ4v) is 4.12. The first-order valence-electron chi connectivity index (χ1n) is 9.57. The fourth-order valence-electron chi connectivity index (χ4n) is 2.47. The molecule has 0 radical (unpaired) electrons. The predicted octanol–water partition coefficient (Wildman–Crippen LogP) is 3.12. The Morgan fingerprint density at radius 3 is 2.55 bits per heavy atom. The Kier molecular flexibility index (Phi) is 8.81. The molecule has 0 saturated carbocycles. The second-order valence-electron chi connectivity index (χ2n) is 7.29. The molecule has 7 nitrogen and oxygen atoms in total. The van der Waals surface area contributed by atoms with Gasteiger partial charge in [-0.15, -0.1) is 11.3 Å². The maximum Gasteiger partial charge on any atom is 0.430 e. The lowest BCUT2D eigenvalue weighted by atomic mass is 10.2. The van der Waals surface area contributed by atoms with Gasteiger partial charge in [0.05, 0.1) is 15.5 Å². The highest BCUT2D eigenvalue weighted by Gasteiger charge is 2.32. The van der Waals surface area contributed by atoms with E-state index in [9.17, 15) is 26.4 Å². The monoisotopic (exact) mass is 503 g/mol. The van der Waals surface area contributed by atoms with Gasteiger partial charge in [0.25, 0.3) is 0 Å². The number of nitrogens with zero attached hydrogens (tertiary/aromatic N) is 2. The van der Waals surface area contributed by atoms with Crippen LogP contribution in [0.2, 0.25) is 0 Å². The highest BCUT2D eigenvalue weighted by Crippen LogP contribution is 2.31. The number of esters is 1. The van der Waals surface area contributed by atoms with Gasteiger partial charge in [-0.3, -0.25) is 9.79 Å². The number of allylic oxidation sites excluding steroid dienone is 2. The number of benzene rings is 1. The van der Waals surface area contributed by atoms with Gasteiger partial charge >= 0.3 is 12.1 Å². The van der Waals surface area contributed by atoms with Crippen LogP contribution in [0.4, 0.5) is 13.2 Å². The first kappa shape index (κ1) is 26.6. The van der Waals surface area contributed by atoms with Crippen molar-refractivity contribution in [2.24, 2.45) is 10.7 Å². The van der Waals surface area contributed by atoms with E-state index in [-0.39, 0.29) is 17.2 Å². The maximum absolute atomic E-state index is 13.0. The largest absolute Gasteiger partial charge is 0.463 e. The Morgan fingerprint density at radius 2 is 1.94 bits per heavy atom. The summed E-state index contributed by atoms with van der Waals surface area (Å²) in [6, 6.07) is 9.35. The summed E-state index contributed by atoms with van der Waals surface area (Å²) in [7, 11) is 0.170. The van der Waals surface area contributed by atoms with Crippen LogP contribution in [0.3, 0.4) is 0 Å². The van der Waals surface area contributed by atoms with Crippen molar-refractivity contribution in [1.29, 1.82) is 0 Å². The van der Waals surface area contributed by atoms with E-state index in [0.717, 1.165) is 17.6 Å². The molecule has 180 valence electrons. The molecule has 12 heteroatoms. The lowest BCUT2D eigenvalue weighted by Gasteiger charge is -2.09. The van der Waals surface area contributed by atoms with Crippen molar-refractivity contribution in [3.63, 3.8) is 0 Å². The van der Waals surface area contributed by atoms with Gasteiger partial charge in [-0.05, 0) is 50.0 Å². The summed E-state index contributed by atoms with van der Waals surface area (Å²) >= 11 is 1.09. The summed E-state index contributed by atoms with van der Waals surface area (Å²) in [4.78, 5) is 18.8. The molecule has 0 aliphatic carbocycles. The Balaban J connectivity index is 2.35. The number of ether oxygens (including phenoxy) is 1.